The Balaban J connectivity index is 0.908. The molecule has 0 saturated carbocycles. The first-order valence-corrected chi connectivity index (χ1v) is 19.5. The second-order valence-electron chi connectivity index (χ2n) is 12.8. The zero-order chi connectivity index (χ0) is 38.1. The summed E-state index contributed by atoms with van der Waals surface area (Å²) in [6, 6.07) is 8.16. The van der Waals surface area contributed by atoms with Crippen LogP contribution < -0.4 is 16.2 Å². The molecule has 0 aliphatic carbocycles. The maximum absolute atomic E-state index is 13.3. The Morgan fingerprint density at radius 1 is 1.13 bits per heavy atom. The number of thiophene rings is 1. The first-order valence-electron chi connectivity index (χ1n) is 17.2. The van der Waals surface area contributed by atoms with Gasteiger partial charge in [0.15, 0.2) is 0 Å². The zero-order valence-electron chi connectivity index (χ0n) is 29.0. The molecule has 284 valence electrons. The van der Waals surface area contributed by atoms with Crippen LogP contribution in [0.3, 0.4) is 0 Å². The number of carbonyl (C=O) groups excluding carboxylic acids is 2. The van der Waals surface area contributed by atoms with Gasteiger partial charge in [-0.15, -0.1) is 15.2 Å². The zero-order valence-corrected chi connectivity index (χ0v) is 30.6. The van der Waals surface area contributed by atoms with Crippen molar-refractivity contribution in [3.05, 3.63) is 98.0 Å². The predicted molar refractivity (Wildman–Crippen MR) is 197 cm³/mol. The number of ether oxygens (including phenoxy) is 1. The number of aromatic nitrogens is 4. The number of rotatable bonds is 15. The van der Waals surface area contributed by atoms with Crippen molar-refractivity contribution in [1.82, 2.24) is 35.1 Å². The number of hydrogen-bond donors (Lipinski definition) is 3. The standard InChI is InChI=1S/C34H38FN11O6S2/c35-54(50,51)26-7-5-23(6-8-26)33(49)46-21-25(43-44-36)15-28(46)32(48)37-9-12-52-13-10-38-34-39-17-22(18-40-34)19-45-11-1-3-24(20-45)31-41-27(16-30(47)42-31)29-4-2-14-53-29/h2,4-8,14,16-18,24-25,28H,1,3,9-13,15,19-21H2,(H,37,48)(H,38,39,40)(H,41,42,47)/t24?,25?,28-/m0/s1. The molecule has 3 atom stereocenters. The lowest BCUT2D eigenvalue weighted by molar-refractivity contribution is -0.125. The number of nitrogens with one attached hydrogen (secondary N) is 3. The van der Waals surface area contributed by atoms with Crippen LogP contribution in [0.4, 0.5) is 9.83 Å². The summed E-state index contributed by atoms with van der Waals surface area (Å²) in [7, 11) is -4.94. The van der Waals surface area contributed by atoms with Crippen molar-refractivity contribution in [2.24, 2.45) is 5.11 Å². The predicted octanol–water partition coefficient (Wildman–Crippen LogP) is 3.46. The van der Waals surface area contributed by atoms with E-state index in [1.165, 1.54) is 4.90 Å². The van der Waals surface area contributed by atoms with Crippen LogP contribution in [-0.4, -0.2) is 108 Å². The lowest BCUT2D eigenvalue weighted by Crippen LogP contribution is -2.46. The number of benzene rings is 1. The summed E-state index contributed by atoms with van der Waals surface area (Å²) in [5.74, 6) is 0.221. The van der Waals surface area contributed by atoms with E-state index in [9.17, 15) is 26.7 Å². The first kappa shape index (κ1) is 38.5. The Morgan fingerprint density at radius 3 is 2.63 bits per heavy atom. The van der Waals surface area contributed by atoms with Gasteiger partial charge >= 0.3 is 10.2 Å². The van der Waals surface area contributed by atoms with Crippen LogP contribution >= 0.6 is 11.3 Å². The molecule has 2 fully saturated rings. The van der Waals surface area contributed by atoms with E-state index in [0.717, 1.165) is 66.3 Å². The van der Waals surface area contributed by atoms with Gasteiger partial charge < -0.3 is 25.3 Å². The Morgan fingerprint density at radius 2 is 1.91 bits per heavy atom. The molecule has 2 saturated heterocycles. The van der Waals surface area contributed by atoms with Crippen LogP contribution in [0.25, 0.3) is 21.0 Å². The van der Waals surface area contributed by atoms with Crippen molar-refractivity contribution >= 4 is 39.3 Å². The summed E-state index contributed by atoms with van der Waals surface area (Å²) in [5, 5.41) is 11.5. The number of aromatic amines is 1. The fourth-order valence-electron chi connectivity index (χ4n) is 6.51. The highest BCUT2D eigenvalue weighted by Crippen LogP contribution is 2.28. The molecule has 2 amide bonds. The average Bonchev–Trinajstić information content (AvgIpc) is 3.86. The number of azide groups is 1. The molecule has 54 heavy (non-hydrogen) atoms. The molecule has 2 aliphatic heterocycles. The smallest absolute Gasteiger partial charge is 0.332 e. The van der Waals surface area contributed by atoms with Crippen LogP contribution in [-0.2, 0) is 26.3 Å². The molecule has 17 nitrogen and oxygen atoms in total. The van der Waals surface area contributed by atoms with E-state index in [2.05, 4.69) is 45.5 Å². The number of piperidine rings is 1. The van der Waals surface area contributed by atoms with Crippen molar-refractivity contribution in [3.8, 4) is 10.6 Å². The Hall–Kier alpha value is -5.27. The van der Waals surface area contributed by atoms with Gasteiger partial charge in [0.05, 0.1) is 34.7 Å². The van der Waals surface area contributed by atoms with E-state index in [-0.39, 0.29) is 43.2 Å². The van der Waals surface area contributed by atoms with Gasteiger partial charge in [-0.1, -0.05) is 11.2 Å². The Labute approximate surface area is 313 Å². The van der Waals surface area contributed by atoms with Crippen molar-refractivity contribution in [1.29, 1.82) is 0 Å². The van der Waals surface area contributed by atoms with Crippen LogP contribution in [0.15, 0.2) is 75.0 Å². The normalized spacial score (nSPS) is 18.9. The summed E-state index contributed by atoms with van der Waals surface area (Å²) < 4.78 is 41.2. The highest BCUT2D eigenvalue weighted by Gasteiger charge is 2.39. The highest BCUT2D eigenvalue weighted by molar-refractivity contribution is 7.86. The molecule has 3 N–H and O–H groups in total. The van der Waals surface area contributed by atoms with Gasteiger partial charge in [0.1, 0.15) is 11.9 Å². The van der Waals surface area contributed by atoms with Gasteiger partial charge in [-0.05, 0) is 67.1 Å². The molecule has 4 aromatic rings. The van der Waals surface area contributed by atoms with E-state index < -0.39 is 39.0 Å². The maximum Gasteiger partial charge on any atom is 0.332 e. The van der Waals surface area contributed by atoms with Crippen molar-refractivity contribution in [2.45, 2.75) is 48.7 Å². The third kappa shape index (κ3) is 10.0. The molecule has 0 radical (unpaired) electrons. The minimum absolute atomic E-state index is 0.0135. The first-order chi connectivity index (χ1) is 26.1. The highest BCUT2D eigenvalue weighted by atomic mass is 32.3. The van der Waals surface area contributed by atoms with E-state index in [4.69, 9.17) is 10.3 Å². The number of hydrogen-bond acceptors (Lipinski definition) is 13. The lowest BCUT2D eigenvalue weighted by Gasteiger charge is -2.32. The minimum atomic E-state index is -4.94. The third-order valence-corrected chi connectivity index (χ3v) is 10.8. The fraction of sp³-hybridized carbons (Fsp3) is 0.412. The Kier molecular flexibility index (Phi) is 12.6. The number of H-pyrrole nitrogens is 1. The third-order valence-electron chi connectivity index (χ3n) is 9.07. The number of anilines is 1. The largest absolute Gasteiger partial charge is 0.378 e. The van der Waals surface area contributed by atoms with Gasteiger partial charge in [0.2, 0.25) is 11.9 Å². The molecular formula is C34H38FN11O6S2. The maximum atomic E-state index is 13.3. The molecule has 6 rings (SSSR count). The number of carbonyl (C=O) groups is 2. The summed E-state index contributed by atoms with van der Waals surface area (Å²) >= 11 is 1.57. The van der Waals surface area contributed by atoms with E-state index in [0.29, 0.717) is 31.5 Å². The molecule has 1 aromatic carbocycles. The lowest BCUT2D eigenvalue weighted by atomic mass is 9.96. The SMILES string of the molecule is [N-]=[N+]=NC1C[C@@H](C(=O)NCCOCCNc2ncc(CN3CCCC(c4nc(=O)cc(-c5cccs5)[nH]4)C3)cn2)N(C(=O)c2ccc(S(=O)(=O)F)cc2)C1. The van der Waals surface area contributed by atoms with Gasteiger partial charge in [-0.25, -0.2) is 9.97 Å². The quantitative estimate of drug-likeness (QED) is 0.0520. The van der Waals surface area contributed by atoms with Crippen LogP contribution in [0.2, 0.25) is 0 Å². The monoisotopic (exact) mass is 779 g/mol. The van der Waals surface area contributed by atoms with E-state index in [1.54, 1.807) is 29.8 Å². The molecule has 5 heterocycles. The summed E-state index contributed by atoms with van der Waals surface area (Å²) in [6.07, 6.45) is 5.58. The fourth-order valence-corrected chi connectivity index (χ4v) is 7.67. The van der Waals surface area contributed by atoms with Crippen molar-refractivity contribution < 1.29 is 26.6 Å². The Bertz CT molecular complexity index is 2130. The van der Waals surface area contributed by atoms with Crippen LogP contribution in [0.1, 0.15) is 46.9 Å². The number of amides is 2. The van der Waals surface area contributed by atoms with E-state index in [1.807, 2.05) is 17.5 Å². The minimum Gasteiger partial charge on any atom is -0.378 e. The summed E-state index contributed by atoms with van der Waals surface area (Å²) in [5.41, 5.74) is 10.4. The number of halogens is 1. The average molecular weight is 780 g/mol. The van der Waals surface area contributed by atoms with Gasteiger partial charge in [-0.3, -0.25) is 19.3 Å². The summed E-state index contributed by atoms with van der Waals surface area (Å²) in [6.45, 7) is 3.39. The van der Waals surface area contributed by atoms with Crippen molar-refractivity contribution in [3.63, 3.8) is 0 Å². The molecule has 3 aromatic heterocycles. The second kappa shape index (κ2) is 17.7. The molecule has 20 heteroatoms. The van der Waals surface area contributed by atoms with Crippen LogP contribution in [0, 0.1) is 0 Å². The number of nitrogens with zero attached hydrogens (tertiary/aromatic N) is 8. The van der Waals surface area contributed by atoms with Gasteiger partial charge in [0.25, 0.3) is 11.5 Å². The second-order valence-corrected chi connectivity index (χ2v) is 15.1. The van der Waals surface area contributed by atoms with Crippen molar-refractivity contribution in [2.75, 3.05) is 51.3 Å². The molecular weight excluding hydrogens is 742 g/mol. The molecule has 2 aliphatic rings. The van der Waals surface area contributed by atoms with Crippen LogP contribution in [0.5, 0.6) is 0 Å². The number of likely N-dealkylation sites (tertiary alicyclic amines) is 2. The summed E-state index contributed by atoms with van der Waals surface area (Å²) in [4.78, 5) is 61.8. The van der Waals surface area contributed by atoms with E-state index >= 15 is 0 Å². The topological polar surface area (TPSA) is 228 Å². The molecule has 0 spiro atoms. The van der Waals surface area contributed by atoms with Gasteiger partial charge in [0, 0.05) is 73.1 Å². The molecule has 0 bridgehead atoms. The van der Waals surface area contributed by atoms with Gasteiger partial charge in [-0.2, -0.15) is 13.4 Å². The molecule has 2 unspecified atom stereocenters.